The number of hydrogen-bond acceptors (Lipinski definition) is 4. The number of halogens is 2. The van der Waals surface area contributed by atoms with Crippen molar-refractivity contribution in [2.24, 2.45) is 0 Å². The van der Waals surface area contributed by atoms with E-state index in [1.807, 2.05) is 0 Å². The smallest absolute Gasteiger partial charge is 0.336 e. The molecule has 3 rings (SSSR count). The fourth-order valence-electron chi connectivity index (χ4n) is 4.08. The van der Waals surface area contributed by atoms with Crippen molar-refractivity contribution in [2.45, 2.75) is 38.3 Å². The number of rotatable bonds is 5. The molecule has 156 valence electrons. The molecule has 0 saturated carbocycles. The van der Waals surface area contributed by atoms with Gasteiger partial charge in [0.1, 0.15) is 11.6 Å². The average Bonchev–Trinajstić information content (AvgIpc) is 2.98. The van der Waals surface area contributed by atoms with Crippen molar-refractivity contribution in [3.8, 4) is 0 Å². The monoisotopic (exact) mass is 407 g/mol. The van der Waals surface area contributed by atoms with Crippen LogP contribution < -0.4 is 10.6 Å². The van der Waals surface area contributed by atoms with Gasteiger partial charge in [0.05, 0.1) is 18.7 Å². The molecule has 2 N–H and O–H groups in total. The van der Waals surface area contributed by atoms with E-state index in [4.69, 9.17) is 4.74 Å². The number of fused-ring (bicyclic) bond motifs is 2. The molecule has 0 radical (unpaired) electrons. The predicted octanol–water partition coefficient (Wildman–Crippen LogP) is 1.97. The summed E-state index contributed by atoms with van der Waals surface area (Å²) in [5, 5.41) is 5.32. The van der Waals surface area contributed by atoms with E-state index in [-0.39, 0.29) is 48.6 Å². The average molecular weight is 407 g/mol. The van der Waals surface area contributed by atoms with Crippen LogP contribution in [0.4, 0.5) is 13.6 Å². The summed E-state index contributed by atoms with van der Waals surface area (Å²) in [5.74, 6) is -2.29. The lowest BCUT2D eigenvalue weighted by molar-refractivity contribution is -0.136. The van der Waals surface area contributed by atoms with Gasteiger partial charge >= 0.3 is 12.0 Å². The Morgan fingerprint density at radius 2 is 1.90 bits per heavy atom. The first-order valence-electron chi connectivity index (χ1n) is 9.40. The Morgan fingerprint density at radius 1 is 1.17 bits per heavy atom. The van der Waals surface area contributed by atoms with Gasteiger partial charge < -0.3 is 20.3 Å². The van der Waals surface area contributed by atoms with Gasteiger partial charge in [0.2, 0.25) is 5.91 Å². The van der Waals surface area contributed by atoms with Crippen molar-refractivity contribution in [1.82, 2.24) is 15.5 Å². The lowest BCUT2D eigenvalue weighted by Crippen LogP contribution is -2.51. The van der Waals surface area contributed by atoms with E-state index in [1.54, 1.807) is 4.90 Å². The third kappa shape index (κ3) is 4.23. The van der Waals surface area contributed by atoms with E-state index in [0.29, 0.717) is 18.4 Å². The number of hydrogen-bond donors (Lipinski definition) is 2. The Bertz CT molecular complexity index is 871. The highest BCUT2D eigenvalue weighted by molar-refractivity contribution is 6.01. The molecule has 3 amide bonds. The summed E-state index contributed by atoms with van der Waals surface area (Å²) in [6.45, 7) is 1.91. The van der Waals surface area contributed by atoms with Crippen molar-refractivity contribution in [1.29, 1.82) is 0 Å². The van der Waals surface area contributed by atoms with E-state index in [9.17, 15) is 23.2 Å². The normalized spacial score (nSPS) is 20.5. The molecule has 9 heteroatoms. The topological polar surface area (TPSA) is 87.7 Å². The highest BCUT2D eigenvalue weighted by Crippen LogP contribution is 2.44. The molecule has 2 aliphatic heterocycles. The number of urea groups is 1. The van der Waals surface area contributed by atoms with Crippen LogP contribution in [0.1, 0.15) is 31.7 Å². The van der Waals surface area contributed by atoms with Crippen LogP contribution in [-0.2, 0) is 14.3 Å². The Kier molecular flexibility index (Phi) is 6.14. The highest BCUT2D eigenvalue weighted by atomic mass is 19.1. The lowest BCUT2D eigenvalue weighted by Gasteiger charge is -2.37. The minimum absolute atomic E-state index is 0.148. The Morgan fingerprint density at radius 3 is 2.55 bits per heavy atom. The molecule has 0 aliphatic carbocycles. The summed E-state index contributed by atoms with van der Waals surface area (Å²) in [4.78, 5) is 37.8. The highest BCUT2D eigenvalue weighted by Gasteiger charge is 2.46. The number of amides is 3. The molecule has 1 fully saturated rings. The molecule has 1 aromatic rings. The molecule has 0 aromatic heterocycles. The van der Waals surface area contributed by atoms with Crippen LogP contribution in [0.25, 0.3) is 5.57 Å². The molecule has 2 bridgehead atoms. The maximum Gasteiger partial charge on any atom is 0.336 e. The van der Waals surface area contributed by atoms with Crippen molar-refractivity contribution < 1.29 is 27.9 Å². The molecule has 1 aromatic carbocycles. The first-order chi connectivity index (χ1) is 13.8. The molecular formula is C20H23F2N3O4. The summed E-state index contributed by atoms with van der Waals surface area (Å²) < 4.78 is 32.7. The summed E-state index contributed by atoms with van der Waals surface area (Å²) in [7, 11) is 1.23. The molecule has 2 aliphatic rings. The van der Waals surface area contributed by atoms with Crippen LogP contribution >= 0.6 is 0 Å². The first-order valence-corrected chi connectivity index (χ1v) is 9.40. The number of methoxy groups -OCH3 is 1. The molecule has 1 saturated heterocycles. The van der Waals surface area contributed by atoms with Crippen molar-refractivity contribution in [3.63, 3.8) is 0 Å². The third-order valence-corrected chi connectivity index (χ3v) is 5.27. The number of carbonyl (C=O) groups is 3. The lowest BCUT2D eigenvalue weighted by atomic mass is 9.88. The molecule has 2 atom stereocenters. The van der Waals surface area contributed by atoms with E-state index in [1.165, 1.54) is 20.1 Å². The van der Waals surface area contributed by atoms with Gasteiger partial charge in [-0.25, -0.2) is 18.4 Å². The molecule has 2 unspecified atom stereocenters. The first kappa shape index (κ1) is 20.8. The number of carbonyl (C=O) groups excluding carboxylic acids is 3. The molecule has 7 nitrogen and oxygen atoms in total. The summed E-state index contributed by atoms with van der Waals surface area (Å²) >= 11 is 0. The van der Waals surface area contributed by atoms with Gasteiger partial charge in [0.15, 0.2) is 0 Å². The van der Waals surface area contributed by atoms with Crippen molar-refractivity contribution >= 4 is 23.5 Å². The minimum Gasteiger partial charge on any atom is -0.466 e. The zero-order valence-electron chi connectivity index (χ0n) is 16.3. The van der Waals surface area contributed by atoms with E-state index >= 15 is 0 Å². The summed E-state index contributed by atoms with van der Waals surface area (Å²) in [5.41, 5.74) is 0.822. The van der Waals surface area contributed by atoms with Gasteiger partial charge in [-0.05, 0) is 37.0 Å². The predicted molar refractivity (Wildman–Crippen MR) is 101 cm³/mol. The SMILES string of the molecule is COC(=O)C1=C(c2ccc(F)cc2F)CC2CCC1N2C(=O)NCCNC(C)=O. The summed E-state index contributed by atoms with van der Waals surface area (Å²) in [6, 6.07) is 2.10. The largest absolute Gasteiger partial charge is 0.466 e. The number of nitrogens with zero attached hydrogens (tertiary/aromatic N) is 1. The fraction of sp³-hybridized carbons (Fsp3) is 0.450. The van der Waals surface area contributed by atoms with Crippen LogP contribution in [0.15, 0.2) is 23.8 Å². The van der Waals surface area contributed by atoms with Gasteiger partial charge in [-0.15, -0.1) is 0 Å². The fourth-order valence-corrected chi connectivity index (χ4v) is 4.08. The second-order valence-electron chi connectivity index (χ2n) is 7.08. The second kappa shape index (κ2) is 8.59. The zero-order valence-corrected chi connectivity index (χ0v) is 16.3. The molecule has 29 heavy (non-hydrogen) atoms. The molecular weight excluding hydrogens is 384 g/mol. The Hall–Kier alpha value is -2.97. The van der Waals surface area contributed by atoms with E-state index in [0.717, 1.165) is 12.1 Å². The number of ether oxygens (including phenoxy) is 1. The van der Waals surface area contributed by atoms with E-state index in [2.05, 4.69) is 10.6 Å². The summed E-state index contributed by atoms with van der Waals surface area (Å²) in [6.07, 6.45) is 1.46. The number of nitrogens with one attached hydrogen (secondary N) is 2. The van der Waals surface area contributed by atoms with Gasteiger partial charge in [0.25, 0.3) is 0 Å². The minimum atomic E-state index is -0.756. The molecule has 2 heterocycles. The van der Waals surface area contributed by atoms with E-state index < -0.39 is 23.6 Å². The maximum atomic E-state index is 14.4. The van der Waals surface area contributed by atoms with Crippen LogP contribution in [0.5, 0.6) is 0 Å². The van der Waals surface area contributed by atoms with Crippen LogP contribution in [0.2, 0.25) is 0 Å². The van der Waals surface area contributed by atoms with Crippen LogP contribution in [-0.4, -0.2) is 55.1 Å². The number of esters is 1. The third-order valence-electron chi connectivity index (χ3n) is 5.27. The quantitative estimate of drug-likeness (QED) is 0.577. The van der Waals surface area contributed by atoms with Crippen LogP contribution in [0, 0.1) is 11.6 Å². The Labute approximate surface area is 167 Å². The van der Waals surface area contributed by atoms with Crippen LogP contribution in [0.3, 0.4) is 0 Å². The number of benzene rings is 1. The zero-order chi connectivity index (χ0) is 21.1. The van der Waals surface area contributed by atoms with Gasteiger partial charge in [-0.1, -0.05) is 0 Å². The second-order valence-corrected chi connectivity index (χ2v) is 7.08. The Balaban J connectivity index is 1.89. The van der Waals surface area contributed by atoms with Gasteiger partial charge in [-0.3, -0.25) is 4.79 Å². The van der Waals surface area contributed by atoms with Crippen molar-refractivity contribution in [2.75, 3.05) is 20.2 Å². The van der Waals surface area contributed by atoms with Crippen molar-refractivity contribution in [3.05, 3.63) is 41.0 Å². The standard InChI is InChI=1S/C20H23F2N3O4/c1-11(26)23-7-8-24-20(28)25-13-4-6-17(25)18(19(27)29-2)15(10-13)14-5-3-12(21)9-16(14)22/h3,5,9,13,17H,4,6-8,10H2,1-2H3,(H,23,26)(H,24,28). The van der Waals surface area contributed by atoms with Gasteiger partial charge in [0, 0.05) is 37.7 Å². The molecule has 0 spiro atoms. The maximum absolute atomic E-state index is 14.4. The van der Waals surface area contributed by atoms with Gasteiger partial charge in [-0.2, -0.15) is 0 Å².